The third-order valence-corrected chi connectivity index (χ3v) is 2.16. The Bertz CT molecular complexity index is 422. The summed E-state index contributed by atoms with van der Waals surface area (Å²) in [5.74, 6) is -0.996. The van der Waals surface area contributed by atoms with E-state index in [2.05, 4.69) is 10.3 Å². The first-order valence-electron chi connectivity index (χ1n) is 5.04. The highest BCUT2D eigenvalue weighted by molar-refractivity contribution is 5.67. The molecule has 0 aliphatic rings. The largest absolute Gasteiger partial charge is 0.481 e. The van der Waals surface area contributed by atoms with Gasteiger partial charge in [0, 0.05) is 19.2 Å². The smallest absolute Gasteiger partial charge is 0.310 e. The van der Waals surface area contributed by atoms with Crippen molar-refractivity contribution in [2.24, 2.45) is 5.92 Å². The quantitative estimate of drug-likeness (QED) is 0.575. The predicted octanol–water partition coefficient (Wildman–Crippen LogP) is 1.51. The van der Waals surface area contributed by atoms with E-state index in [1.54, 1.807) is 6.92 Å². The molecule has 92 valence electrons. The summed E-state index contributed by atoms with van der Waals surface area (Å²) in [5.41, 5.74) is 0.234. The van der Waals surface area contributed by atoms with E-state index in [1.807, 2.05) is 0 Å². The van der Waals surface area contributed by atoms with Crippen molar-refractivity contribution in [2.75, 3.05) is 11.9 Å². The van der Waals surface area contributed by atoms with Gasteiger partial charge in [0.15, 0.2) is 0 Å². The number of anilines is 1. The SMILES string of the molecule is CC(CNc1ccncc1[N+](=O)[O-])CC(=O)O. The van der Waals surface area contributed by atoms with Crippen LogP contribution >= 0.6 is 0 Å². The average Bonchev–Trinajstić information content (AvgIpc) is 2.25. The zero-order valence-corrected chi connectivity index (χ0v) is 9.29. The van der Waals surface area contributed by atoms with Gasteiger partial charge in [0.25, 0.3) is 0 Å². The fourth-order valence-electron chi connectivity index (χ4n) is 1.34. The molecule has 1 aromatic rings. The lowest BCUT2D eigenvalue weighted by Crippen LogP contribution is -2.15. The highest BCUT2D eigenvalue weighted by Gasteiger charge is 2.14. The first kappa shape index (κ1) is 12.9. The number of nitro groups is 1. The Morgan fingerprint density at radius 3 is 3.00 bits per heavy atom. The molecular weight excluding hydrogens is 226 g/mol. The maximum atomic E-state index is 10.7. The summed E-state index contributed by atoms with van der Waals surface area (Å²) in [6, 6.07) is 1.49. The monoisotopic (exact) mass is 239 g/mol. The van der Waals surface area contributed by atoms with Crippen LogP contribution in [-0.4, -0.2) is 27.5 Å². The van der Waals surface area contributed by atoms with Gasteiger partial charge in [0.1, 0.15) is 11.9 Å². The normalized spacial score (nSPS) is 11.8. The average molecular weight is 239 g/mol. The van der Waals surface area contributed by atoms with Crippen molar-refractivity contribution < 1.29 is 14.8 Å². The molecule has 0 aliphatic heterocycles. The lowest BCUT2D eigenvalue weighted by atomic mass is 10.1. The summed E-state index contributed by atoms with van der Waals surface area (Å²) in [6.07, 6.45) is 2.62. The molecule has 0 saturated heterocycles. The van der Waals surface area contributed by atoms with E-state index >= 15 is 0 Å². The number of carbonyl (C=O) groups is 1. The number of carboxylic acid groups (broad SMARTS) is 1. The van der Waals surface area contributed by atoms with Crippen LogP contribution in [0.15, 0.2) is 18.5 Å². The number of rotatable bonds is 6. The number of aliphatic carboxylic acids is 1. The molecular formula is C10H13N3O4. The van der Waals surface area contributed by atoms with Crippen molar-refractivity contribution in [1.29, 1.82) is 0 Å². The van der Waals surface area contributed by atoms with E-state index in [9.17, 15) is 14.9 Å². The minimum Gasteiger partial charge on any atom is -0.481 e. The van der Waals surface area contributed by atoms with E-state index < -0.39 is 10.9 Å². The standard InChI is InChI=1S/C10H13N3O4/c1-7(4-10(14)15)5-12-8-2-3-11-6-9(8)13(16)17/h2-3,6-7H,4-5H2,1H3,(H,11,12)(H,14,15). The van der Waals surface area contributed by atoms with Crippen LogP contribution in [0.2, 0.25) is 0 Å². The number of hydrogen-bond acceptors (Lipinski definition) is 5. The summed E-state index contributed by atoms with van der Waals surface area (Å²) < 4.78 is 0. The van der Waals surface area contributed by atoms with Gasteiger partial charge in [-0.15, -0.1) is 0 Å². The number of nitrogens with zero attached hydrogens (tertiary/aromatic N) is 2. The summed E-state index contributed by atoms with van der Waals surface area (Å²) in [6.45, 7) is 2.12. The topological polar surface area (TPSA) is 105 Å². The third-order valence-electron chi connectivity index (χ3n) is 2.16. The van der Waals surface area contributed by atoms with E-state index in [0.717, 1.165) is 6.20 Å². The second-order valence-corrected chi connectivity index (χ2v) is 3.73. The van der Waals surface area contributed by atoms with E-state index in [4.69, 9.17) is 5.11 Å². The van der Waals surface area contributed by atoms with E-state index in [-0.39, 0.29) is 18.0 Å². The predicted molar refractivity (Wildman–Crippen MR) is 60.8 cm³/mol. The number of aromatic nitrogens is 1. The number of hydrogen-bond donors (Lipinski definition) is 2. The van der Waals surface area contributed by atoms with Crippen LogP contribution in [0.1, 0.15) is 13.3 Å². The van der Waals surface area contributed by atoms with Crippen molar-refractivity contribution in [3.63, 3.8) is 0 Å². The summed E-state index contributed by atoms with van der Waals surface area (Å²) in [5, 5.41) is 22.1. The molecule has 1 atom stereocenters. The van der Waals surface area contributed by atoms with Crippen molar-refractivity contribution in [1.82, 2.24) is 4.98 Å². The Morgan fingerprint density at radius 2 is 2.41 bits per heavy atom. The highest BCUT2D eigenvalue weighted by atomic mass is 16.6. The van der Waals surface area contributed by atoms with Crippen LogP contribution in [0.25, 0.3) is 0 Å². The second-order valence-electron chi connectivity index (χ2n) is 3.73. The van der Waals surface area contributed by atoms with Crippen LogP contribution in [0, 0.1) is 16.0 Å². The Labute approximate surface area is 97.6 Å². The fraction of sp³-hybridized carbons (Fsp3) is 0.400. The van der Waals surface area contributed by atoms with Gasteiger partial charge < -0.3 is 10.4 Å². The number of carboxylic acids is 1. The van der Waals surface area contributed by atoms with E-state index in [0.29, 0.717) is 12.2 Å². The molecule has 0 fully saturated rings. The second kappa shape index (κ2) is 5.78. The Hall–Kier alpha value is -2.18. The molecule has 0 aromatic carbocycles. The molecule has 0 radical (unpaired) electrons. The van der Waals surface area contributed by atoms with E-state index in [1.165, 1.54) is 12.3 Å². The Balaban J connectivity index is 2.63. The molecule has 0 spiro atoms. The van der Waals surface area contributed by atoms with Crippen LogP contribution in [0.4, 0.5) is 11.4 Å². The molecule has 7 nitrogen and oxygen atoms in total. The summed E-state index contributed by atoms with van der Waals surface area (Å²) in [7, 11) is 0. The van der Waals surface area contributed by atoms with Crippen LogP contribution in [0.5, 0.6) is 0 Å². The summed E-state index contributed by atoms with van der Waals surface area (Å²) in [4.78, 5) is 24.3. The molecule has 0 amide bonds. The van der Waals surface area contributed by atoms with Gasteiger partial charge in [-0.05, 0) is 12.0 Å². The van der Waals surface area contributed by atoms with Gasteiger partial charge in [-0.1, -0.05) is 6.92 Å². The first-order valence-corrected chi connectivity index (χ1v) is 5.04. The number of pyridine rings is 1. The zero-order valence-electron chi connectivity index (χ0n) is 9.29. The van der Waals surface area contributed by atoms with Gasteiger partial charge in [0.05, 0.1) is 4.92 Å². The molecule has 1 unspecified atom stereocenters. The van der Waals surface area contributed by atoms with Gasteiger partial charge >= 0.3 is 11.7 Å². The molecule has 17 heavy (non-hydrogen) atoms. The summed E-state index contributed by atoms with van der Waals surface area (Å²) >= 11 is 0. The number of nitrogens with one attached hydrogen (secondary N) is 1. The van der Waals surface area contributed by atoms with Crippen molar-refractivity contribution in [2.45, 2.75) is 13.3 Å². The minimum absolute atomic E-state index is 0.0197. The third kappa shape index (κ3) is 4.06. The fourth-order valence-corrected chi connectivity index (χ4v) is 1.34. The lowest BCUT2D eigenvalue weighted by molar-refractivity contribution is -0.384. The molecule has 1 heterocycles. The van der Waals surface area contributed by atoms with Crippen LogP contribution < -0.4 is 5.32 Å². The Kier molecular flexibility index (Phi) is 4.38. The van der Waals surface area contributed by atoms with Gasteiger partial charge in [-0.2, -0.15) is 0 Å². The molecule has 0 bridgehead atoms. The minimum atomic E-state index is -0.886. The molecule has 7 heteroatoms. The maximum Gasteiger partial charge on any atom is 0.310 e. The van der Waals surface area contributed by atoms with Crippen molar-refractivity contribution in [3.05, 3.63) is 28.6 Å². The molecule has 1 rings (SSSR count). The first-order chi connectivity index (χ1) is 8.00. The Morgan fingerprint density at radius 1 is 1.71 bits per heavy atom. The van der Waals surface area contributed by atoms with Gasteiger partial charge in [0.2, 0.25) is 0 Å². The molecule has 0 saturated carbocycles. The van der Waals surface area contributed by atoms with Crippen LogP contribution in [-0.2, 0) is 4.79 Å². The van der Waals surface area contributed by atoms with Crippen molar-refractivity contribution >= 4 is 17.3 Å². The van der Waals surface area contributed by atoms with Crippen molar-refractivity contribution in [3.8, 4) is 0 Å². The maximum absolute atomic E-state index is 10.7. The lowest BCUT2D eigenvalue weighted by Gasteiger charge is -2.11. The van der Waals surface area contributed by atoms with Crippen LogP contribution in [0.3, 0.4) is 0 Å². The highest BCUT2D eigenvalue weighted by Crippen LogP contribution is 2.22. The molecule has 2 N–H and O–H groups in total. The van der Waals surface area contributed by atoms with Gasteiger partial charge in [-0.25, -0.2) is 0 Å². The molecule has 0 aliphatic carbocycles. The molecule has 1 aromatic heterocycles. The van der Waals surface area contributed by atoms with Gasteiger partial charge in [-0.3, -0.25) is 19.9 Å². The zero-order chi connectivity index (χ0) is 12.8.